The molecular formula is C28H41F3N6O3. The van der Waals surface area contributed by atoms with Gasteiger partial charge in [0.1, 0.15) is 0 Å². The van der Waals surface area contributed by atoms with Gasteiger partial charge in [-0.2, -0.15) is 13.2 Å². The summed E-state index contributed by atoms with van der Waals surface area (Å²) >= 11 is 0. The van der Waals surface area contributed by atoms with Crippen molar-refractivity contribution in [3.05, 3.63) is 40.1 Å². The molecule has 0 amide bonds. The van der Waals surface area contributed by atoms with Crippen molar-refractivity contribution in [2.75, 3.05) is 46.6 Å². The molecule has 40 heavy (non-hydrogen) atoms. The van der Waals surface area contributed by atoms with E-state index in [9.17, 15) is 18.0 Å². The van der Waals surface area contributed by atoms with Gasteiger partial charge in [-0.05, 0) is 64.1 Å². The van der Waals surface area contributed by atoms with Crippen LogP contribution in [0.3, 0.4) is 0 Å². The van der Waals surface area contributed by atoms with Crippen molar-refractivity contribution < 1.29 is 22.6 Å². The summed E-state index contributed by atoms with van der Waals surface area (Å²) in [6.07, 6.45) is 3.15. The minimum atomic E-state index is -4.57. The first kappa shape index (κ1) is 28.2. The summed E-state index contributed by atoms with van der Waals surface area (Å²) in [6.45, 7) is 7.81. The van der Waals surface area contributed by atoms with Gasteiger partial charge in [-0.25, -0.2) is 15.6 Å². The van der Waals surface area contributed by atoms with Crippen LogP contribution < -0.4 is 16.5 Å². The standard InChI is InChI=1S/C28H41F3N6O3/c1-18-12-35(7-8-40-18)19(2)20-9-23(28(29,30)31)24-14-36(26(38)37(24)13-20)22-6-4-5-21(10-22)27(15-39-16-27)11-25-33-32-17-34(25)3/h9,13-14,18-19,21-22,25,32-33H,4-8,10-12,15-17H2,1-3H3/t18-,19?,21?,22?,25?/m1/s1. The van der Waals surface area contributed by atoms with Gasteiger partial charge < -0.3 is 9.47 Å². The molecule has 4 unspecified atom stereocenters. The molecule has 4 aliphatic rings. The van der Waals surface area contributed by atoms with Crippen LogP contribution in [-0.4, -0.2) is 77.7 Å². The molecule has 4 fully saturated rings. The number of pyridine rings is 1. The minimum absolute atomic E-state index is 0.00834. The number of hydrazine groups is 1. The number of ether oxygens (including phenoxy) is 2. The number of nitrogens with one attached hydrogen (secondary N) is 2. The zero-order valence-corrected chi connectivity index (χ0v) is 23.5. The molecule has 5 atom stereocenters. The van der Waals surface area contributed by atoms with Crippen LogP contribution in [0.15, 0.2) is 23.3 Å². The Balaban J connectivity index is 1.31. The first-order valence-corrected chi connectivity index (χ1v) is 14.5. The van der Waals surface area contributed by atoms with Crippen LogP contribution >= 0.6 is 0 Å². The van der Waals surface area contributed by atoms with Gasteiger partial charge in [0.25, 0.3) is 0 Å². The smallest absolute Gasteiger partial charge is 0.380 e. The Bertz CT molecular complexity index is 1270. The molecule has 9 nitrogen and oxygen atoms in total. The summed E-state index contributed by atoms with van der Waals surface area (Å²) in [7, 11) is 2.08. The van der Waals surface area contributed by atoms with E-state index in [1.807, 2.05) is 13.8 Å². The Morgan fingerprint density at radius 1 is 1.23 bits per heavy atom. The second-order valence-electron chi connectivity index (χ2n) is 12.4. The van der Waals surface area contributed by atoms with Crippen molar-refractivity contribution in [2.45, 2.75) is 76.5 Å². The second kappa shape index (κ2) is 10.7. The van der Waals surface area contributed by atoms with Crippen molar-refractivity contribution in [2.24, 2.45) is 11.3 Å². The SMILES string of the molecule is CC(c1cc(C(F)(F)F)c2cn(C3CCCC(C4(CC5NNCN5C)COC4)C3)c(=O)n2c1)N1CCO[C@H](C)C1. The van der Waals surface area contributed by atoms with Gasteiger partial charge in [0.15, 0.2) is 0 Å². The number of aromatic nitrogens is 2. The Morgan fingerprint density at radius 3 is 2.67 bits per heavy atom. The highest BCUT2D eigenvalue weighted by Gasteiger charge is 2.49. The summed E-state index contributed by atoms with van der Waals surface area (Å²) in [5.41, 5.74) is 5.81. The molecule has 2 aromatic rings. The fraction of sp³-hybridized carbons (Fsp3) is 0.750. The molecule has 222 valence electrons. The zero-order valence-electron chi connectivity index (χ0n) is 23.5. The molecule has 6 rings (SSSR count). The van der Waals surface area contributed by atoms with Crippen molar-refractivity contribution in [1.82, 2.24) is 29.6 Å². The number of morpholine rings is 1. The van der Waals surface area contributed by atoms with Gasteiger partial charge in [-0.15, -0.1) is 0 Å². The Labute approximate surface area is 232 Å². The number of hydrogen-bond acceptors (Lipinski definition) is 7. The summed E-state index contributed by atoms with van der Waals surface area (Å²) in [6, 6.07) is 0.812. The molecule has 0 aromatic carbocycles. The van der Waals surface area contributed by atoms with Crippen LogP contribution in [0.25, 0.3) is 5.52 Å². The maximum Gasteiger partial charge on any atom is 0.418 e. The van der Waals surface area contributed by atoms with Crippen LogP contribution in [0, 0.1) is 11.3 Å². The van der Waals surface area contributed by atoms with E-state index in [1.54, 1.807) is 10.8 Å². The summed E-state index contributed by atoms with van der Waals surface area (Å²) < 4.78 is 57.2. The second-order valence-corrected chi connectivity index (χ2v) is 12.4. The molecule has 1 saturated carbocycles. The third-order valence-electron chi connectivity index (χ3n) is 9.84. The maximum atomic E-state index is 14.4. The Morgan fingerprint density at radius 2 is 2.02 bits per heavy atom. The Kier molecular flexibility index (Phi) is 7.54. The van der Waals surface area contributed by atoms with E-state index in [1.165, 1.54) is 16.7 Å². The number of nitrogens with zero attached hydrogens (tertiary/aromatic N) is 4. The monoisotopic (exact) mass is 566 g/mol. The molecule has 0 spiro atoms. The van der Waals surface area contributed by atoms with Gasteiger partial charge in [0.2, 0.25) is 0 Å². The van der Waals surface area contributed by atoms with Crippen LogP contribution in [0.4, 0.5) is 13.2 Å². The van der Waals surface area contributed by atoms with Crippen LogP contribution in [0.2, 0.25) is 0 Å². The van der Waals surface area contributed by atoms with Gasteiger partial charge >= 0.3 is 11.9 Å². The molecule has 3 aliphatic heterocycles. The van der Waals surface area contributed by atoms with E-state index < -0.39 is 17.4 Å². The number of hydrogen-bond donors (Lipinski definition) is 2. The lowest BCUT2D eigenvalue weighted by Gasteiger charge is -2.51. The van der Waals surface area contributed by atoms with E-state index in [-0.39, 0.29) is 35.3 Å². The number of alkyl halides is 3. The zero-order chi connectivity index (χ0) is 28.2. The van der Waals surface area contributed by atoms with Crippen LogP contribution in [0.5, 0.6) is 0 Å². The highest BCUT2D eigenvalue weighted by Crippen LogP contribution is 2.49. The first-order chi connectivity index (χ1) is 19.1. The van der Waals surface area contributed by atoms with E-state index in [0.717, 1.165) is 38.8 Å². The fourth-order valence-electron chi connectivity index (χ4n) is 7.31. The number of imidazole rings is 1. The van der Waals surface area contributed by atoms with E-state index in [0.29, 0.717) is 44.4 Å². The topological polar surface area (TPSA) is 75.4 Å². The third kappa shape index (κ3) is 5.11. The van der Waals surface area contributed by atoms with E-state index >= 15 is 0 Å². The quantitative estimate of drug-likeness (QED) is 0.556. The van der Waals surface area contributed by atoms with Gasteiger partial charge in [0, 0.05) is 43.0 Å². The summed E-state index contributed by atoms with van der Waals surface area (Å²) in [5, 5.41) is 0. The normalized spacial score (nSPS) is 30.9. The maximum absolute atomic E-state index is 14.4. The van der Waals surface area contributed by atoms with Gasteiger partial charge in [0.05, 0.1) is 49.8 Å². The van der Waals surface area contributed by atoms with Gasteiger partial charge in [-0.1, -0.05) is 6.42 Å². The van der Waals surface area contributed by atoms with Crippen molar-refractivity contribution in [1.29, 1.82) is 0 Å². The number of halogens is 3. The average molecular weight is 567 g/mol. The van der Waals surface area contributed by atoms with Crippen molar-refractivity contribution in [3.63, 3.8) is 0 Å². The number of fused-ring (bicyclic) bond motifs is 1. The molecule has 0 radical (unpaired) electrons. The van der Waals surface area contributed by atoms with E-state index in [2.05, 4.69) is 27.7 Å². The number of rotatable bonds is 6. The van der Waals surface area contributed by atoms with E-state index in [4.69, 9.17) is 9.47 Å². The lowest BCUT2D eigenvalue weighted by molar-refractivity contribution is -0.167. The fourth-order valence-corrected chi connectivity index (χ4v) is 7.31. The Hall–Kier alpha value is -1.96. The molecule has 3 saturated heterocycles. The van der Waals surface area contributed by atoms with Crippen LogP contribution in [-0.2, 0) is 15.7 Å². The lowest BCUT2D eigenvalue weighted by Crippen LogP contribution is -2.54. The highest BCUT2D eigenvalue weighted by atomic mass is 19.4. The molecule has 2 N–H and O–H groups in total. The average Bonchev–Trinajstić information content (AvgIpc) is 3.46. The predicted molar refractivity (Wildman–Crippen MR) is 144 cm³/mol. The lowest BCUT2D eigenvalue weighted by atomic mass is 9.64. The molecular weight excluding hydrogens is 525 g/mol. The first-order valence-electron chi connectivity index (χ1n) is 14.5. The highest BCUT2D eigenvalue weighted by molar-refractivity contribution is 5.56. The molecule has 2 aromatic heterocycles. The van der Waals surface area contributed by atoms with Crippen molar-refractivity contribution >= 4 is 5.52 Å². The third-order valence-corrected chi connectivity index (χ3v) is 9.84. The summed E-state index contributed by atoms with van der Waals surface area (Å²) in [4.78, 5) is 18.1. The predicted octanol–water partition coefficient (Wildman–Crippen LogP) is 3.36. The largest absolute Gasteiger partial charge is 0.418 e. The van der Waals surface area contributed by atoms with Crippen molar-refractivity contribution in [3.8, 4) is 0 Å². The molecule has 1 aliphatic carbocycles. The summed E-state index contributed by atoms with van der Waals surface area (Å²) in [5.74, 6) is 0.340. The van der Waals surface area contributed by atoms with Gasteiger partial charge in [-0.3, -0.25) is 18.8 Å². The molecule has 5 heterocycles. The minimum Gasteiger partial charge on any atom is -0.380 e. The molecule has 12 heteroatoms. The van der Waals surface area contributed by atoms with Crippen LogP contribution in [0.1, 0.15) is 69.2 Å². The molecule has 0 bridgehead atoms.